The average molecular weight is 523 g/mol. The van der Waals surface area contributed by atoms with E-state index in [1.807, 2.05) is 31.9 Å². The third-order valence-electron chi connectivity index (χ3n) is 4.07. The fourth-order valence-electron chi connectivity index (χ4n) is 2.56. The normalized spacial score (nSPS) is 14.2. The third kappa shape index (κ3) is 8.93. The molecule has 1 fully saturated rings. The van der Waals surface area contributed by atoms with Crippen LogP contribution in [-0.2, 0) is 17.6 Å². The van der Waals surface area contributed by atoms with Crippen LogP contribution in [0.5, 0.6) is 0 Å². The number of ether oxygens (including phenoxy) is 1. The van der Waals surface area contributed by atoms with Gasteiger partial charge in [0, 0.05) is 50.2 Å². The molecular weight excluding hydrogens is 489 g/mol. The summed E-state index contributed by atoms with van der Waals surface area (Å²) in [7, 11) is 1.75. The summed E-state index contributed by atoms with van der Waals surface area (Å²) >= 11 is 1.76. The fourth-order valence-corrected chi connectivity index (χ4v) is 3.42. The molecule has 1 saturated carbocycles. The zero-order valence-corrected chi connectivity index (χ0v) is 20.7. The van der Waals surface area contributed by atoms with Crippen molar-refractivity contribution in [2.24, 2.45) is 4.99 Å². The monoisotopic (exact) mass is 523 g/mol. The number of rotatable bonds is 8. The van der Waals surface area contributed by atoms with Crippen LogP contribution in [0.1, 0.15) is 50.4 Å². The molecule has 1 aromatic rings. The van der Waals surface area contributed by atoms with Crippen molar-refractivity contribution in [2.75, 3.05) is 26.7 Å². The van der Waals surface area contributed by atoms with Crippen LogP contribution in [0.3, 0.4) is 0 Å². The molecule has 0 radical (unpaired) electrons. The number of nitrogens with zero attached hydrogens (tertiary/aromatic N) is 3. The molecule has 0 bridgehead atoms. The fraction of sp³-hybridized carbons (Fsp3) is 0.737. The van der Waals surface area contributed by atoms with Crippen molar-refractivity contribution in [2.45, 2.75) is 65.0 Å². The molecule has 1 aromatic heterocycles. The molecule has 0 aromatic carbocycles. The van der Waals surface area contributed by atoms with Gasteiger partial charge in [-0.05, 0) is 40.0 Å². The van der Waals surface area contributed by atoms with Gasteiger partial charge in [0.1, 0.15) is 5.60 Å². The van der Waals surface area contributed by atoms with Crippen molar-refractivity contribution >= 4 is 47.4 Å². The minimum absolute atomic E-state index is 0. The van der Waals surface area contributed by atoms with E-state index >= 15 is 0 Å². The summed E-state index contributed by atoms with van der Waals surface area (Å²) < 4.78 is 5.52. The topological polar surface area (TPSA) is 78.9 Å². The molecule has 2 N–H and O–H groups in total. The second-order valence-electron chi connectivity index (χ2n) is 7.65. The minimum Gasteiger partial charge on any atom is -0.444 e. The van der Waals surface area contributed by atoms with Gasteiger partial charge in [-0.2, -0.15) is 0 Å². The molecule has 0 spiro atoms. The molecule has 1 heterocycles. The molecule has 2 rings (SSSR count). The molecule has 1 amide bonds. The van der Waals surface area contributed by atoms with Crippen LogP contribution in [0.15, 0.2) is 11.2 Å². The second-order valence-corrected chi connectivity index (χ2v) is 8.85. The smallest absolute Gasteiger partial charge is 0.410 e. The van der Waals surface area contributed by atoms with Crippen LogP contribution in [-0.4, -0.2) is 60.3 Å². The quantitative estimate of drug-likeness (QED) is 0.310. The Hall–Kier alpha value is -1.10. The van der Waals surface area contributed by atoms with Gasteiger partial charge in [0.2, 0.25) is 0 Å². The van der Waals surface area contributed by atoms with Crippen LogP contribution in [0, 0.1) is 0 Å². The van der Waals surface area contributed by atoms with Gasteiger partial charge in [0.05, 0.1) is 5.01 Å². The van der Waals surface area contributed by atoms with E-state index in [1.54, 1.807) is 18.4 Å². The Kier molecular flexibility index (Phi) is 10.5. The Morgan fingerprint density at radius 3 is 2.57 bits per heavy atom. The second kappa shape index (κ2) is 11.8. The number of hydrogen-bond donors (Lipinski definition) is 2. The van der Waals surface area contributed by atoms with Crippen molar-refractivity contribution in [1.29, 1.82) is 0 Å². The Balaban J connectivity index is 0.00000392. The van der Waals surface area contributed by atoms with Crippen molar-refractivity contribution in [3.05, 3.63) is 16.1 Å². The Morgan fingerprint density at radius 1 is 1.36 bits per heavy atom. The predicted molar refractivity (Wildman–Crippen MR) is 126 cm³/mol. The van der Waals surface area contributed by atoms with E-state index in [1.165, 1.54) is 4.88 Å². The molecule has 0 unspecified atom stereocenters. The van der Waals surface area contributed by atoms with Gasteiger partial charge in [0.15, 0.2) is 5.96 Å². The molecule has 7 nitrogen and oxygen atoms in total. The number of aryl methyl sites for hydroxylation is 1. The largest absolute Gasteiger partial charge is 0.444 e. The van der Waals surface area contributed by atoms with E-state index in [9.17, 15) is 4.79 Å². The lowest BCUT2D eigenvalue weighted by Gasteiger charge is -2.27. The lowest BCUT2D eigenvalue weighted by atomic mass is 10.2. The molecule has 1 aliphatic carbocycles. The van der Waals surface area contributed by atoms with Gasteiger partial charge in [0.25, 0.3) is 0 Å². The summed E-state index contributed by atoms with van der Waals surface area (Å²) in [5.74, 6) is 0.738. The van der Waals surface area contributed by atoms with E-state index < -0.39 is 5.60 Å². The average Bonchev–Trinajstić information content (AvgIpc) is 3.33. The predicted octanol–water partition coefficient (Wildman–Crippen LogP) is 3.43. The van der Waals surface area contributed by atoms with Gasteiger partial charge in [-0.15, -0.1) is 35.3 Å². The maximum Gasteiger partial charge on any atom is 0.410 e. The molecule has 0 atom stereocenters. The molecule has 28 heavy (non-hydrogen) atoms. The lowest BCUT2D eigenvalue weighted by Crippen LogP contribution is -2.45. The molecule has 0 saturated heterocycles. The van der Waals surface area contributed by atoms with E-state index in [4.69, 9.17) is 4.74 Å². The summed E-state index contributed by atoms with van der Waals surface area (Å²) in [5, 5.41) is 7.72. The highest BCUT2D eigenvalue weighted by atomic mass is 127. The van der Waals surface area contributed by atoms with E-state index in [0.29, 0.717) is 19.1 Å². The summed E-state index contributed by atoms with van der Waals surface area (Å²) in [6, 6.07) is 0.314. The summed E-state index contributed by atoms with van der Waals surface area (Å²) in [6.07, 6.45) is 5.74. The molecule has 1 aliphatic rings. The highest BCUT2D eigenvalue weighted by Gasteiger charge is 2.34. The first-order valence-electron chi connectivity index (χ1n) is 9.70. The highest BCUT2D eigenvalue weighted by Crippen LogP contribution is 2.28. The van der Waals surface area contributed by atoms with Crippen LogP contribution in [0.2, 0.25) is 0 Å². The number of guanidine groups is 1. The number of carbonyl (C=O) groups excluding carboxylic acids is 1. The zero-order valence-electron chi connectivity index (χ0n) is 17.6. The number of aliphatic imine (C=N–C) groups is 1. The number of aromatic nitrogens is 1. The minimum atomic E-state index is -0.470. The van der Waals surface area contributed by atoms with Crippen LogP contribution < -0.4 is 10.6 Å². The van der Waals surface area contributed by atoms with Gasteiger partial charge in [-0.3, -0.25) is 4.99 Å². The Labute approximate surface area is 189 Å². The van der Waals surface area contributed by atoms with Gasteiger partial charge in [-0.25, -0.2) is 9.78 Å². The standard InChI is InChI=1S/C19H33N5O2S.HI/c1-6-15-13-23-16(27-15)9-10-21-17(20-5)22-11-12-24(14-7-8-14)18(25)26-19(2,3)4;/h13-14H,6-12H2,1-5H3,(H2,20,21,22);1H. The van der Waals surface area contributed by atoms with E-state index in [0.717, 1.165) is 43.2 Å². The summed E-state index contributed by atoms with van der Waals surface area (Å²) in [6.45, 7) is 9.83. The molecule has 160 valence electrons. The van der Waals surface area contributed by atoms with Crippen molar-refractivity contribution in [3.63, 3.8) is 0 Å². The number of thiazole rings is 1. The zero-order chi connectivity index (χ0) is 19.9. The van der Waals surface area contributed by atoms with Crippen LogP contribution in [0.4, 0.5) is 4.79 Å². The first-order chi connectivity index (χ1) is 12.8. The number of nitrogens with one attached hydrogen (secondary N) is 2. The first-order valence-corrected chi connectivity index (χ1v) is 10.5. The maximum atomic E-state index is 12.4. The third-order valence-corrected chi connectivity index (χ3v) is 5.27. The van der Waals surface area contributed by atoms with Crippen molar-refractivity contribution in [3.8, 4) is 0 Å². The highest BCUT2D eigenvalue weighted by molar-refractivity contribution is 14.0. The Bertz CT molecular complexity index is 641. The van der Waals surface area contributed by atoms with Crippen molar-refractivity contribution < 1.29 is 9.53 Å². The number of hydrogen-bond acceptors (Lipinski definition) is 5. The molecule has 0 aliphatic heterocycles. The van der Waals surface area contributed by atoms with Gasteiger partial charge in [-0.1, -0.05) is 6.92 Å². The number of amides is 1. The lowest BCUT2D eigenvalue weighted by molar-refractivity contribution is 0.0238. The van der Waals surface area contributed by atoms with Gasteiger partial charge >= 0.3 is 6.09 Å². The Morgan fingerprint density at radius 2 is 2.04 bits per heavy atom. The first kappa shape index (κ1) is 24.9. The summed E-state index contributed by atoms with van der Waals surface area (Å²) in [4.78, 5) is 24.2. The van der Waals surface area contributed by atoms with E-state index in [-0.39, 0.29) is 30.1 Å². The SMILES string of the molecule is CCc1cnc(CCNC(=NC)NCCN(C(=O)OC(C)(C)C)C2CC2)s1.I. The van der Waals surface area contributed by atoms with Crippen LogP contribution >= 0.6 is 35.3 Å². The van der Waals surface area contributed by atoms with E-state index in [2.05, 4.69) is 27.5 Å². The maximum absolute atomic E-state index is 12.4. The summed E-state index contributed by atoms with van der Waals surface area (Å²) in [5.41, 5.74) is -0.470. The number of carbonyl (C=O) groups is 1. The van der Waals surface area contributed by atoms with Crippen molar-refractivity contribution in [1.82, 2.24) is 20.5 Å². The van der Waals surface area contributed by atoms with Crippen LogP contribution in [0.25, 0.3) is 0 Å². The molecular formula is C19H34IN5O2S. The van der Waals surface area contributed by atoms with Gasteiger partial charge < -0.3 is 20.3 Å². The number of halogens is 1. The molecule has 9 heteroatoms.